The molecular formula is C28H37N5O3. The number of benzene rings is 1. The molecule has 0 saturated carbocycles. The third-order valence-electron chi connectivity index (χ3n) is 5.40. The lowest BCUT2D eigenvalue weighted by Crippen LogP contribution is -2.20. The highest BCUT2D eigenvalue weighted by molar-refractivity contribution is 5.79. The lowest BCUT2D eigenvalue weighted by molar-refractivity contribution is 0.0314. The minimum atomic E-state index is 0.0703. The molecule has 2 atom stereocenters. The molecule has 2 heterocycles. The van der Waals surface area contributed by atoms with Crippen LogP contribution in [0.3, 0.4) is 0 Å². The van der Waals surface area contributed by atoms with Crippen LogP contribution in [0.4, 0.5) is 11.5 Å². The fourth-order valence-corrected chi connectivity index (χ4v) is 3.59. The Hall–Kier alpha value is -3.59. The summed E-state index contributed by atoms with van der Waals surface area (Å²) in [6.07, 6.45) is 13.3. The smallest absolute Gasteiger partial charge is 0.150 e. The molecule has 0 amide bonds. The molecule has 4 rings (SSSR count). The van der Waals surface area contributed by atoms with Crippen molar-refractivity contribution in [1.29, 1.82) is 0 Å². The molecule has 1 aromatic heterocycles. The number of aliphatic hydroxyl groups excluding tert-OH is 1. The lowest BCUT2D eigenvalue weighted by Gasteiger charge is -2.22. The number of pyridine rings is 1. The van der Waals surface area contributed by atoms with Crippen molar-refractivity contribution in [1.82, 2.24) is 10.5 Å². The molecule has 1 aliphatic heterocycles. The molecule has 1 aromatic carbocycles. The van der Waals surface area contributed by atoms with Crippen molar-refractivity contribution in [2.45, 2.75) is 26.8 Å². The summed E-state index contributed by atoms with van der Waals surface area (Å²) in [4.78, 5) is 24.7. The first kappa shape index (κ1) is 28.6. The number of aliphatic imine (C=N–C) groups is 1. The van der Waals surface area contributed by atoms with Crippen molar-refractivity contribution in [3.8, 4) is 11.3 Å². The van der Waals surface area contributed by atoms with Crippen LogP contribution in [0.25, 0.3) is 11.3 Å². The summed E-state index contributed by atoms with van der Waals surface area (Å²) in [6, 6.07) is 9.64. The number of hydrogen-bond acceptors (Lipinski definition) is 8. The number of nitrogens with one attached hydrogen (secondary N) is 2. The van der Waals surface area contributed by atoms with Gasteiger partial charge in [-0.1, -0.05) is 50.3 Å². The minimum Gasteiger partial charge on any atom is -0.396 e. The first-order valence-electron chi connectivity index (χ1n) is 12.1. The van der Waals surface area contributed by atoms with E-state index >= 15 is 0 Å². The second-order valence-corrected chi connectivity index (χ2v) is 7.80. The van der Waals surface area contributed by atoms with Gasteiger partial charge in [-0.3, -0.25) is 14.6 Å². The zero-order valence-corrected chi connectivity index (χ0v) is 21.4. The molecule has 2 aromatic rings. The molecule has 0 spiro atoms. The number of aromatic nitrogens is 1. The van der Waals surface area contributed by atoms with Crippen LogP contribution >= 0.6 is 0 Å². The predicted octanol–water partition coefficient (Wildman–Crippen LogP) is 4.14. The van der Waals surface area contributed by atoms with Gasteiger partial charge < -0.3 is 16.2 Å². The molecule has 5 N–H and O–H groups in total. The standard InChI is InChI=1S/C23H22N4O.C3H9NO2.C2H6/c1-15-11-18(5-6-19(15)14-28)22-9-7-20(24)23(27-22)26-13-16-4-8-21-17(12-16)3-2-10-25-21;1-4-6-3-2-5;1-2/h2-12,14,17,21H,13,24H2,1H3,(H,26,27);4-5H,2-3H2,1H3;1-2H3. The Bertz CT molecular complexity index is 1100. The summed E-state index contributed by atoms with van der Waals surface area (Å²) in [5.74, 6) is 0.964. The molecule has 8 nitrogen and oxygen atoms in total. The molecule has 8 heteroatoms. The van der Waals surface area contributed by atoms with Crippen LogP contribution in [0.2, 0.25) is 0 Å². The molecule has 36 heavy (non-hydrogen) atoms. The summed E-state index contributed by atoms with van der Waals surface area (Å²) in [5, 5.41) is 11.4. The number of dihydropyridines is 1. The van der Waals surface area contributed by atoms with E-state index in [0.717, 1.165) is 23.1 Å². The van der Waals surface area contributed by atoms with E-state index in [-0.39, 0.29) is 12.6 Å². The van der Waals surface area contributed by atoms with E-state index in [2.05, 4.69) is 44.9 Å². The molecular weight excluding hydrogens is 454 g/mol. The topological polar surface area (TPSA) is 122 Å². The van der Waals surface area contributed by atoms with E-state index in [4.69, 9.17) is 15.8 Å². The number of hydrogen-bond donors (Lipinski definition) is 4. The maximum absolute atomic E-state index is 11.0. The van der Waals surface area contributed by atoms with Crippen molar-refractivity contribution in [2.75, 3.05) is 37.9 Å². The van der Waals surface area contributed by atoms with Crippen molar-refractivity contribution >= 4 is 24.0 Å². The van der Waals surface area contributed by atoms with Crippen LogP contribution in [0.5, 0.6) is 0 Å². The van der Waals surface area contributed by atoms with Gasteiger partial charge in [0.05, 0.1) is 30.6 Å². The number of hydroxylamine groups is 1. The SMILES string of the molecule is CC.CNOCCO.Cc1cc(-c2ccc(N)c(NCC3=CC4C=CC=NC4C=C3)n2)ccc1C=O. The number of nitrogens with zero attached hydrogens (tertiary/aromatic N) is 2. The van der Waals surface area contributed by atoms with Gasteiger partial charge in [0.2, 0.25) is 0 Å². The van der Waals surface area contributed by atoms with Gasteiger partial charge in [0.25, 0.3) is 0 Å². The number of rotatable bonds is 8. The summed E-state index contributed by atoms with van der Waals surface area (Å²) >= 11 is 0. The molecule has 0 radical (unpaired) electrons. The zero-order valence-electron chi connectivity index (χ0n) is 21.4. The van der Waals surface area contributed by atoms with Gasteiger partial charge >= 0.3 is 0 Å². The average Bonchev–Trinajstić information content (AvgIpc) is 2.92. The fourth-order valence-electron chi connectivity index (χ4n) is 3.59. The number of carbonyl (C=O) groups excluding carboxylic acids is 1. The predicted molar refractivity (Wildman–Crippen MR) is 148 cm³/mol. The van der Waals surface area contributed by atoms with Gasteiger partial charge in [-0.15, -0.1) is 0 Å². The number of nitrogens with two attached hydrogens (primary N) is 1. The van der Waals surface area contributed by atoms with Crippen LogP contribution in [0.15, 0.2) is 71.3 Å². The van der Waals surface area contributed by atoms with Gasteiger partial charge in [-0.05, 0) is 42.3 Å². The number of aliphatic hydroxyl groups is 1. The minimum absolute atomic E-state index is 0.0703. The highest BCUT2D eigenvalue weighted by atomic mass is 16.6. The quantitative estimate of drug-likeness (QED) is 0.249. The molecule has 0 bridgehead atoms. The molecule has 0 fully saturated rings. The summed E-state index contributed by atoms with van der Waals surface area (Å²) < 4.78 is 0. The van der Waals surface area contributed by atoms with E-state index in [0.29, 0.717) is 36.1 Å². The average molecular weight is 492 g/mol. The number of carbonyl (C=O) groups is 1. The van der Waals surface area contributed by atoms with Crippen molar-refractivity contribution in [3.05, 3.63) is 77.4 Å². The largest absolute Gasteiger partial charge is 0.396 e. The van der Waals surface area contributed by atoms with Crippen LogP contribution in [0, 0.1) is 12.8 Å². The number of fused-ring (bicyclic) bond motifs is 1. The van der Waals surface area contributed by atoms with Crippen LogP contribution in [0.1, 0.15) is 29.8 Å². The molecule has 2 unspecified atom stereocenters. The number of allylic oxidation sites excluding steroid dienone is 1. The summed E-state index contributed by atoms with van der Waals surface area (Å²) in [5.41, 5.74) is 13.7. The maximum atomic E-state index is 11.0. The Morgan fingerprint density at radius 3 is 2.67 bits per heavy atom. The first-order valence-corrected chi connectivity index (χ1v) is 12.1. The zero-order chi connectivity index (χ0) is 26.3. The highest BCUT2D eigenvalue weighted by Crippen LogP contribution is 2.26. The van der Waals surface area contributed by atoms with Crippen molar-refractivity contribution in [3.63, 3.8) is 0 Å². The maximum Gasteiger partial charge on any atom is 0.150 e. The Balaban J connectivity index is 0.000000502. The molecule has 0 saturated heterocycles. The van der Waals surface area contributed by atoms with E-state index in [1.54, 1.807) is 7.05 Å². The number of nitrogen functional groups attached to an aromatic ring is 1. The summed E-state index contributed by atoms with van der Waals surface area (Å²) in [7, 11) is 1.65. The Morgan fingerprint density at radius 2 is 2.00 bits per heavy atom. The second-order valence-electron chi connectivity index (χ2n) is 7.80. The Kier molecular flexibility index (Phi) is 12.3. The van der Waals surface area contributed by atoms with Crippen LogP contribution in [-0.2, 0) is 4.84 Å². The first-order chi connectivity index (χ1) is 17.5. The van der Waals surface area contributed by atoms with E-state index < -0.39 is 0 Å². The van der Waals surface area contributed by atoms with Gasteiger partial charge in [0.1, 0.15) is 12.1 Å². The monoisotopic (exact) mass is 491 g/mol. The van der Waals surface area contributed by atoms with E-state index in [9.17, 15) is 4.79 Å². The van der Waals surface area contributed by atoms with Gasteiger partial charge in [0.15, 0.2) is 0 Å². The number of aldehydes is 1. The lowest BCUT2D eigenvalue weighted by atomic mass is 9.90. The molecule has 1 aliphatic carbocycles. The molecule has 192 valence electrons. The van der Waals surface area contributed by atoms with Crippen molar-refractivity contribution in [2.24, 2.45) is 10.9 Å². The third-order valence-corrected chi connectivity index (χ3v) is 5.40. The van der Waals surface area contributed by atoms with Crippen molar-refractivity contribution < 1.29 is 14.7 Å². The summed E-state index contributed by atoms with van der Waals surface area (Å²) in [6.45, 7) is 6.99. The van der Waals surface area contributed by atoms with E-state index in [1.807, 2.05) is 63.4 Å². The van der Waals surface area contributed by atoms with Gasteiger partial charge in [0, 0.05) is 36.9 Å². The van der Waals surface area contributed by atoms with E-state index in [1.165, 1.54) is 5.57 Å². The number of aryl methyl sites for hydroxylation is 1. The third kappa shape index (κ3) is 8.27. The second kappa shape index (κ2) is 15.4. The van der Waals surface area contributed by atoms with Crippen LogP contribution in [-0.4, -0.2) is 55.4 Å². The highest BCUT2D eigenvalue weighted by Gasteiger charge is 2.19. The number of anilines is 2. The van der Waals surface area contributed by atoms with Gasteiger partial charge in [-0.25, -0.2) is 10.5 Å². The Labute approximate surface area is 213 Å². The molecule has 2 aliphatic rings. The fraction of sp³-hybridized carbons (Fsp3) is 0.321. The Morgan fingerprint density at radius 1 is 1.19 bits per heavy atom. The van der Waals surface area contributed by atoms with Crippen LogP contribution < -0.4 is 16.5 Å². The normalized spacial score (nSPS) is 17.1. The van der Waals surface area contributed by atoms with Gasteiger partial charge in [-0.2, -0.15) is 0 Å².